The van der Waals surface area contributed by atoms with Crippen molar-refractivity contribution in [1.82, 2.24) is 4.90 Å². The summed E-state index contributed by atoms with van der Waals surface area (Å²) in [5, 5.41) is 9.81. The Bertz CT molecular complexity index is 146. The molecule has 0 aromatic heterocycles. The Morgan fingerprint density at radius 3 is 3.08 bits per heavy atom. The quantitative estimate of drug-likeness (QED) is 0.748. The number of hydrogen-bond acceptors (Lipinski definition) is 3. The number of halogens is 1. The van der Waals surface area contributed by atoms with Crippen LogP contribution in [0.4, 0.5) is 4.39 Å². The highest BCUT2D eigenvalue weighted by molar-refractivity contribution is 8.00. The smallest absolute Gasteiger partial charge is 0.117 e. The number of nitrogens with zero attached hydrogens (tertiary/aromatic N) is 1. The molecule has 0 aromatic rings. The minimum Gasteiger partial charge on any atom is -0.389 e. The first-order valence-corrected chi connectivity index (χ1v) is 5.89. The average molecular weight is 207 g/mol. The highest BCUT2D eigenvalue weighted by Gasteiger charge is 2.20. The van der Waals surface area contributed by atoms with E-state index in [1.54, 1.807) is 0 Å². The Balaban J connectivity index is 2.25. The van der Waals surface area contributed by atoms with Crippen molar-refractivity contribution in [3.8, 4) is 0 Å². The summed E-state index contributed by atoms with van der Waals surface area (Å²) in [4.78, 5) is 2.16. The summed E-state index contributed by atoms with van der Waals surface area (Å²) in [6, 6.07) is 0. The first-order chi connectivity index (χ1) is 6.26. The third kappa shape index (κ3) is 3.83. The molecule has 4 heteroatoms. The molecule has 0 bridgehead atoms. The molecule has 0 aliphatic carbocycles. The molecule has 0 spiro atoms. The monoisotopic (exact) mass is 207 g/mol. The minimum atomic E-state index is -0.791. The van der Waals surface area contributed by atoms with E-state index in [4.69, 9.17) is 5.11 Å². The normalized spacial score (nSPS) is 27.5. The van der Waals surface area contributed by atoms with E-state index in [0.717, 1.165) is 25.3 Å². The topological polar surface area (TPSA) is 23.5 Å². The van der Waals surface area contributed by atoms with Crippen molar-refractivity contribution in [2.45, 2.75) is 24.7 Å². The fourth-order valence-corrected chi connectivity index (χ4v) is 2.79. The molecule has 2 atom stereocenters. The van der Waals surface area contributed by atoms with E-state index in [1.807, 2.05) is 11.8 Å². The first-order valence-electron chi connectivity index (χ1n) is 4.84. The molecule has 0 aromatic carbocycles. The van der Waals surface area contributed by atoms with Gasteiger partial charge in [-0.25, -0.2) is 4.39 Å². The van der Waals surface area contributed by atoms with Crippen LogP contribution in [-0.2, 0) is 0 Å². The molecule has 0 amide bonds. The van der Waals surface area contributed by atoms with E-state index in [2.05, 4.69) is 11.8 Å². The number of aliphatic hydroxyl groups excluding tert-OH is 1. The van der Waals surface area contributed by atoms with Gasteiger partial charge in [0, 0.05) is 30.6 Å². The average Bonchev–Trinajstić information content (AvgIpc) is 2.18. The molecule has 1 N–H and O–H groups in total. The third-order valence-electron chi connectivity index (χ3n) is 2.33. The van der Waals surface area contributed by atoms with Gasteiger partial charge in [0.2, 0.25) is 0 Å². The highest BCUT2D eigenvalue weighted by atomic mass is 32.2. The van der Waals surface area contributed by atoms with Gasteiger partial charge in [-0.3, -0.25) is 4.90 Å². The highest BCUT2D eigenvalue weighted by Crippen LogP contribution is 2.20. The van der Waals surface area contributed by atoms with Crippen molar-refractivity contribution in [2.24, 2.45) is 0 Å². The van der Waals surface area contributed by atoms with E-state index < -0.39 is 12.8 Å². The van der Waals surface area contributed by atoms with E-state index in [9.17, 15) is 4.39 Å². The molecule has 1 saturated heterocycles. The molecule has 1 heterocycles. The van der Waals surface area contributed by atoms with Gasteiger partial charge in [-0.1, -0.05) is 6.92 Å². The van der Waals surface area contributed by atoms with Crippen LogP contribution in [-0.4, -0.2) is 53.4 Å². The van der Waals surface area contributed by atoms with Gasteiger partial charge in [0.25, 0.3) is 0 Å². The minimum absolute atomic E-state index is 0.494. The molecule has 1 aliphatic heterocycles. The van der Waals surface area contributed by atoms with Crippen molar-refractivity contribution in [3.05, 3.63) is 0 Å². The molecule has 78 valence electrons. The van der Waals surface area contributed by atoms with Crippen molar-refractivity contribution >= 4 is 11.8 Å². The van der Waals surface area contributed by atoms with Gasteiger partial charge in [-0.15, -0.1) is 0 Å². The lowest BCUT2D eigenvalue weighted by molar-refractivity contribution is 0.0909. The number of rotatable bonds is 4. The van der Waals surface area contributed by atoms with Crippen LogP contribution >= 0.6 is 11.8 Å². The summed E-state index contributed by atoms with van der Waals surface area (Å²) < 4.78 is 12.0. The number of aliphatic hydroxyl groups is 1. The van der Waals surface area contributed by atoms with Crippen LogP contribution < -0.4 is 0 Å². The fourth-order valence-electron chi connectivity index (χ4n) is 1.54. The predicted molar refractivity (Wildman–Crippen MR) is 55.0 cm³/mol. The van der Waals surface area contributed by atoms with Gasteiger partial charge in [-0.2, -0.15) is 11.8 Å². The lowest BCUT2D eigenvalue weighted by Crippen LogP contribution is -2.42. The molecule has 2 nitrogen and oxygen atoms in total. The second-order valence-electron chi connectivity index (χ2n) is 3.47. The maximum atomic E-state index is 12.0. The number of β-amino-alcohol motifs (C(OH)–C–C–N with tert-alkyl or cyclic N) is 1. The first kappa shape index (κ1) is 11.3. The molecule has 13 heavy (non-hydrogen) atoms. The summed E-state index contributed by atoms with van der Waals surface area (Å²) in [5.41, 5.74) is 0. The summed E-state index contributed by atoms with van der Waals surface area (Å²) in [5.74, 6) is 1.11. The zero-order valence-electron chi connectivity index (χ0n) is 8.08. The van der Waals surface area contributed by atoms with Crippen LogP contribution in [0.3, 0.4) is 0 Å². The fraction of sp³-hybridized carbons (Fsp3) is 1.00. The molecule has 0 radical (unpaired) electrons. The van der Waals surface area contributed by atoms with Crippen LogP contribution in [0.15, 0.2) is 0 Å². The van der Waals surface area contributed by atoms with E-state index >= 15 is 0 Å². The van der Waals surface area contributed by atoms with E-state index in [0.29, 0.717) is 11.8 Å². The standard InChI is InChI=1S/C9H18FNOS/c1-2-9-7-11(3-4-13-9)6-8(12)5-10/h8-9,12H,2-7H2,1H3. The molecular weight excluding hydrogens is 189 g/mol. The van der Waals surface area contributed by atoms with Gasteiger partial charge >= 0.3 is 0 Å². The van der Waals surface area contributed by atoms with Crippen molar-refractivity contribution in [3.63, 3.8) is 0 Å². The molecule has 2 unspecified atom stereocenters. The van der Waals surface area contributed by atoms with Crippen LogP contribution in [0.1, 0.15) is 13.3 Å². The zero-order valence-corrected chi connectivity index (χ0v) is 8.89. The summed E-state index contributed by atoms with van der Waals surface area (Å²) in [6.45, 7) is 4.02. The van der Waals surface area contributed by atoms with Crippen LogP contribution in [0.25, 0.3) is 0 Å². The molecule has 0 saturated carbocycles. The molecule has 1 aliphatic rings. The Kier molecular flexibility index (Phi) is 5.06. The maximum Gasteiger partial charge on any atom is 0.117 e. The predicted octanol–water partition coefficient (Wildman–Crippen LogP) is 1.14. The summed E-state index contributed by atoms with van der Waals surface area (Å²) in [6.07, 6.45) is 0.369. The SMILES string of the molecule is CCC1CN(CC(O)CF)CCS1. The number of alkyl halides is 1. The van der Waals surface area contributed by atoms with Crippen LogP contribution in [0.2, 0.25) is 0 Å². The lowest BCUT2D eigenvalue weighted by Gasteiger charge is -2.32. The van der Waals surface area contributed by atoms with Crippen molar-refractivity contribution in [2.75, 3.05) is 32.1 Å². The number of hydrogen-bond donors (Lipinski definition) is 1. The second kappa shape index (κ2) is 5.83. The van der Waals surface area contributed by atoms with Crippen molar-refractivity contribution in [1.29, 1.82) is 0 Å². The van der Waals surface area contributed by atoms with Gasteiger partial charge in [0.1, 0.15) is 6.67 Å². The van der Waals surface area contributed by atoms with E-state index in [-0.39, 0.29) is 0 Å². The Labute approximate surface area is 83.5 Å². The van der Waals surface area contributed by atoms with Crippen LogP contribution in [0, 0.1) is 0 Å². The summed E-state index contributed by atoms with van der Waals surface area (Å²) in [7, 11) is 0. The zero-order chi connectivity index (χ0) is 9.68. The van der Waals surface area contributed by atoms with Crippen LogP contribution in [0.5, 0.6) is 0 Å². The summed E-state index contributed by atoms with van der Waals surface area (Å²) >= 11 is 1.98. The third-order valence-corrected chi connectivity index (χ3v) is 3.70. The Morgan fingerprint density at radius 2 is 2.46 bits per heavy atom. The van der Waals surface area contributed by atoms with Gasteiger partial charge in [0.15, 0.2) is 0 Å². The molecule has 1 rings (SSSR count). The van der Waals surface area contributed by atoms with Gasteiger partial charge in [-0.05, 0) is 6.42 Å². The van der Waals surface area contributed by atoms with E-state index in [1.165, 1.54) is 0 Å². The maximum absolute atomic E-state index is 12.0. The largest absolute Gasteiger partial charge is 0.389 e. The van der Waals surface area contributed by atoms with Gasteiger partial charge < -0.3 is 5.11 Å². The van der Waals surface area contributed by atoms with Crippen molar-refractivity contribution < 1.29 is 9.50 Å². The van der Waals surface area contributed by atoms with Gasteiger partial charge in [0.05, 0.1) is 6.10 Å². The Morgan fingerprint density at radius 1 is 1.69 bits per heavy atom. The molecule has 1 fully saturated rings. The number of thioether (sulfide) groups is 1. The lowest BCUT2D eigenvalue weighted by atomic mass is 10.2. The molecular formula is C9H18FNOS. The Hall–Kier alpha value is 0.200. The second-order valence-corrected chi connectivity index (χ2v) is 4.88.